The van der Waals surface area contributed by atoms with Gasteiger partial charge in [-0.2, -0.15) is 23.2 Å². The molecule has 0 aliphatic heterocycles. The standard InChI is InChI=1S/C22H19ClF3N5O2S/c23-19-9-18-16(12-29-19)15(10-27)20(31(18)13-3-1-2-4-13)17-6-5-14(11-28-17)34(32,33)30-21(7-8-21)22(24,25)26/h5-6,9,11-13,30H,1-4,7-8H2. The topological polar surface area (TPSA) is 101 Å². The van der Waals surface area contributed by atoms with E-state index in [1.165, 1.54) is 18.3 Å². The average molecular weight is 510 g/mol. The molecule has 3 heterocycles. The van der Waals surface area contributed by atoms with Crippen molar-refractivity contribution in [3.05, 3.63) is 41.3 Å². The summed E-state index contributed by atoms with van der Waals surface area (Å²) in [6.07, 6.45) is 1.13. The number of pyridine rings is 2. The lowest BCUT2D eigenvalue weighted by atomic mass is 10.1. The summed E-state index contributed by atoms with van der Waals surface area (Å²) in [7, 11) is -4.44. The highest BCUT2D eigenvalue weighted by Gasteiger charge is 2.65. The van der Waals surface area contributed by atoms with E-state index in [1.54, 1.807) is 10.8 Å². The molecule has 0 saturated heterocycles. The number of nitrogens with one attached hydrogen (secondary N) is 1. The van der Waals surface area contributed by atoms with Gasteiger partial charge in [-0.1, -0.05) is 24.4 Å². The van der Waals surface area contributed by atoms with Gasteiger partial charge in [0.1, 0.15) is 21.7 Å². The Morgan fingerprint density at radius 2 is 1.88 bits per heavy atom. The molecule has 3 aromatic heterocycles. The number of fused-ring (bicyclic) bond motifs is 1. The lowest BCUT2D eigenvalue weighted by molar-refractivity contribution is -0.160. The van der Waals surface area contributed by atoms with Crippen LogP contribution in [-0.2, 0) is 10.0 Å². The Morgan fingerprint density at radius 3 is 2.44 bits per heavy atom. The predicted molar refractivity (Wildman–Crippen MR) is 119 cm³/mol. The molecule has 0 radical (unpaired) electrons. The monoisotopic (exact) mass is 509 g/mol. The Balaban J connectivity index is 1.59. The van der Waals surface area contributed by atoms with Crippen LogP contribution in [0.25, 0.3) is 22.3 Å². The van der Waals surface area contributed by atoms with E-state index in [0.29, 0.717) is 22.3 Å². The summed E-state index contributed by atoms with van der Waals surface area (Å²) in [5.74, 6) is 0. The lowest BCUT2D eigenvalue weighted by Gasteiger charge is -2.20. The van der Waals surface area contributed by atoms with Gasteiger partial charge in [0.05, 0.1) is 22.5 Å². The molecule has 0 unspecified atom stereocenters. The molecule has 0 bridgehead atoms. The molecule has 3 aromatic rings. The van der Waals surface area contributed by atoms with Crippen LogP contribution in [-0.4, -0.2) is 34.7 Å². The minimum Gasteiger partial charge on any atom is -0.335 e. The Labute approximate surface area is 198 Å². The summed E-state index contributed by atoms with van der Waals surface area (Å²) in [6.45, 7) is 0. The van der Waals surface area contributed by atoms with Gasteiger partial charge in [-0.05, 0) is 43.9 Å². The van der Waals surface area contributed by atoms with Crippen LogP contribution in [0.5, 0.6) is 0 Å². The highest BCUT2D eigenvalue weighted by Crippen LogP contribution is 2.49. The van der Waals surface area contributed by atoms with Crippen molar-refractivity contribution in [2.75, 3.05) is 0 Å². The number of sulfonamides is 1. The Hall–Kier alpha value is -2.68. The van der Waals surface area contributed by atoms with Gasteiger partial charge in [0.15, 0.2) is 0 Å². The average Bonchev–Trinajstić information content (AvgIpc) is 3.25. The Morgan fingerprint density at radius 1 is 1.18 bits per heavy atom. The molecular formula is C22H19ClF3N5O2S. The molecule has 0 amide bonds. The first-order valence-corrected chi connectivity index (χ1v) is 12.6. The predicted octanol–water partition coefficient (Wildman–Crippen LogP) is 5.11. The first-order chi connectivity index (χ1) is 16.1. The van der Waals surface area contributed by atoms with Crippen LogP contribution in [0.15, 0.2) is 35.5 Å². The van der Waals surface area contributed by atoms with Gasteiger partial charge in [0, 0.05) is 23.8 Å². The van der Waals surface area contributed by atoms with Crippen molar-refractivity contribution in [2.24, 2.45) is 0 Å². The fourth-order valence-electron chi connectivity index (χ4n) is 4.65. The van der Waals surface area contributed by atoms with Gasteiger partial charge >= 0.3 is 6.18 Å². The summed E-state index contributed by atoms with van der Waals surface area (Å²) in [4.78, 5) is 7.98. The second-order valence-electron chi connectivity index (χ2n) is 8.73. The summed E-state index contributed by atoms with van der Waals surface area (Å²) >= 11 is 6.13. The van der Waals surface area contributed by atoms with E-state index >= 15 is 0 Å². The number of rotatable bonds is 5. The zero-order valence-corrected chi connectivity index (χ0v) is 19.3. The van der Waals surface area contributed by atoms with Gasteiger partial charge in [-0.3, -0.25) is 4.98 Å². The third-order valence-electron chi connectivity index (χ3n) is 6.57. The Bertz CT molecular complexity index is 1420. The minimum absolute atomic E-state index is 0.103. The molecule has 178 valence electrons. The number of hydrogen-bond donors (Lipinski definition) is 1. The second-order valence-corrected chi connectivity index (χ2v) is 10.8. The summed E-state index contributed by atoms with van der Waals surface area (Å²) in [5.41, 5.74) is -0.494. The van der Waals surface area contributed by atoms with E-state index in [-0.39, 0.29) is 28.9 Å². The van der Waals surface area contributed by atoms with E-state index in [1.807, 2.05) is 4.57 Å². The molecule has 0 aromatic carbocycles. The number of alkyl halides is 3. The molecule has 0 atom stereocenters. The first kappa shape index (κ1) is 23.1. The highest BCUT2D eigenvalue weighted by atomic mass is 35.5. The zero-order chi connectivity index (χ0) is 24.3. The van der Waals surface area contributed by atoms with Crippen LogP contribution in [0.2, 0.25) is 5.15 Å². The lowest BCUT2D eigenvalue weighted by Crippen LogP contribution is -2.47. The number of halogens is 4. The molecule has 2 fully saturated rings. The first-order valence-electron chi connectivity index (χ1n) is 10.7. The van der Waals surface area contributed by atoms with Crippen molar-refractivity contribution in [3.8, 4) is 17.5 Å². The number of nitrogens with zero attached hydrogens (tertiary/aromatic N) is 4. The van der Waals surface area contributed by atoms with E-state index in [2.05, 4.69) is 16.0 Å². The fraction of sp³-hybridized carbons (Fsp3) is 0.409. The molecule has 2 saturated carbocycles. The van der Waals surface area contributed by atoms with E-state index in [9.17, 15) is 26.9 Å². The molecule has 2 aliphatic rings. The zero-order valence-electron chi connectivity index (χ0n) is 17.7. The molecule has 12 heteroatoms. The van der Waals surface area contributed by atoms with E-state index < -0.39 is 21.7 Å². The maximum atomic E-state index is 13.2. The van der Waals surface area contributed by atoms with Gasteiger partial charge in [-0.15, -0.1) is 0 Å². The second kappa shape index (κ2) is 7.93. The van der Waals surface area contributed by atoms with Crippen LogP contribution >= 0.6 is 11.6 Å². The maximum absolute atomic E-state index is 13.2. The third-order valence-corrected chi connectivity index (χ3v) is 8.30. The maximum Gasteiger partial charge on any atom is 0.407 e. The SMILES string of the molecule is N#Cc1c(-c2ccc(S(=O)(=O)NC3(C(F)(F)F)CC3)cn2)n(C2CCCC2)c2cc(Cl)ncc12. The highest BCUT2D eigenvalue weighted by molar-refractivity contribution is 7.89. The van der Waals surface area contributed by atoms with Crippen molar-refractivity contribution in [2.45, 2.75) is 61.2 Å². The third kappa shape index (κ3) is 3.74. The van der Waals surface area contributed by atoms with Crippen LogP contribution in [0.3, 0.4) is 0 Å². The molecule has 0 spiro atoms. The summed E-state index contributed by atoms with van der Waals surface area (Å²) in [6, 6.07) is 6.62. The number of nitriles is 1. The Kier molecular flexibility index (Phi) is 5.39. The number of aromatic nitrogens is 3. The molecular weight excluding hydrogens is 491 g/mol. The van der Waals surface area contributed by atoms with Crippen molar-refractivity contribution in [3.63, 3.8) is 0 Å². The normalized spacial score (nSPS) is 18.3. The molecule has 1 N–H and O–H groups in total. The van der Waals surface area contributed by atoms with E-state index in [0.717, 1.165) is 37.4 Å². The van der Waals surface area contributed by atoms with Crippen LogP contribution < -0.4 is 4.72 Å². The van der Waals surface area contributed by atoms with Crippen molar-refractivity contribution in [1.29, 1.82) is 5.26 Å². The summed E-state index contributed by atoms with van der Waals surface area (Å²) in [5, 5.41) is 10.8. The molecule has 5 rings (SSSR count). The van der Waals surface area contributed by atoms with Gasteiger partial charge in [-0.25, -0.2) is 13.4 Å². The van der Waals surface area contributed by atoms with Crippen LogP contribution in [0.1, 0.15) is 50.1 Å². The van der Waals surface area contributed by atoms with Gasteiger partial charge in [0.2, 0.25) is 10.0 Å². The number of hydrogen-bond acceptors (Lipinski definition) is 5. The molecule has 34 heavy (non-hydrogen) atoms. The van der Waals surface area contributed by atoms with Crippen molar-refractivity contribution < 1.29 is 21.6 Å². The van der Waals surface area contributed by atoms with Gasteiger partial charge < -0.3 is 4.57 Å². The van der Waals surface area contributed by atoms with Crippen LogP contribution in [0.4, 0.5) is 13.2 Å². The van der Waals surface area contributed by atoms with Crippen LogP contribution in [0, 0.1) is 11.3 Å². The largest absolute Gasteiger partial charge is 0.407 e. The smallest absolute Gasteiger partial charge is 0.335 e. The molecule has 2 aliphatic carbocycles. The van der Waals surface area contributed by atoms with Crippen molar-refractivity contribution in [1.82, 2.24) is 19.3 Å². The van der Waals surface area contributed by atoms with Crippen molar-refractivity contribution >= 4 is 32.5 Å². The minimum atomic E-state index is -4.67. The quantitative estimate of drug-likeness (QED) is 0.481. The van der Waals surface area contributed by atoms with E-state index in [4.69, 9.17) is 11.6 Å². The fourth-order valence-corrected chi connectivity index (χ4v) is 6.19. The molecule has 7 nitrogen and oxygen atoms in total. The summed E-state index contributed by atoms with van der Waals surface area (Å²) < 4.78 is 68.8. The van der Waals surface area contributed by atoms with Gasteiger partial charge in [0.25, 0.3) is 0 Å².